The molecule has 19 heavy (non-hydrogen) atoms. The van der Waals surface area contributed by atoms with Gasteiger partial charge in [-0.2, -0.15) is 0 Å². The van der Waals surface area contributed by atoms with Crippen LogP contribution in [0.2, 0.25) is 0 Å². The Morgan fingerprint density at radius 3 is 1.68 bits per heavy atom. The van der Waals surface area contributed by atoms with Gasteiger partial charge in [0.25, 0.3) is 0 Å². The summed E-state index contributed by atoms with van der Waals surface area (Å²) in [6.07, 6.45) is 0.697. The fourth-order valence-corrected chi connectivity index (χ4v) is 2.07. The Balaban J connectivity index is 2.61. The summed E-state index contributed by atoms with van der Waals surface area (Å²) in [6, 6.07) is 17.3. The summed E-state index contributed by atoms with van der Waals surface area (Å²) in [4.78, 5) is 23.0. The van der Waals surface area contributed by atoms with E-state index in [4.69, 9.17) is 5.73 Å². The zero-order valence-corrected chi connectivity index (χ0v) is 10.2. The van der Waals surface area contributed by atoms with Crippen LogP contribution in [0.5, 0.6) is 0 Å². The minimum absolute atomic E-state index is 0.662. The van der Waals surface area contributed by atoms with Crippen LogP contribution in [0.4, 0.5) is 4.79 Å². The van der Waals surface area contributed by atoms with Crippen molar-refractivity contribution in [2.75, 3.05) is 0 Å². The van der Waals surface area contributed by atoms with Gasteiger partial charge in [-0.25, -0.2) is 4.79 Å². The van der Waals surface area contributed by atoms with E-state index in [-0.39, 0.29) is 0 Å². The third-order valence-corrected chi connectivity index (χ3v) is 2.96. The van der Waals surface area contributed by atoms with Crippen LogP contribution in [0.1, 0.15) is 11.1 Å². The second-order valence-corrected chi connectivity index (χ2v) is 4.15. The standard InChI is InChI=1S/C15H14N2O2/c16-14(19)17-15(11-18,12-7-3-1-4-8-12)13-9-5-2-6-10-13/h1-11H,(H3,16,17,19). The number of aldehydes is 1. The Morgan fingerprint density at radius 1 is 0.947 bits per heavy atom. The van der Waals surface area contributed by atoms with Crippen molar-refractivity contribution in [3.63, 3.8) is 0 Å². The number of benzene rings is 2. The average molecular weight is 254 g/mol. The Bertz CT molecular complexity index is 528. The fourth-order valence-electron chi connectivity index (χ4n) is 2.07. The van der Waals surface area contributed by atoms with Crippen LogP contribution in [0, 0.1) is 0 Å². The van der Waals surface area contributed by atoms with Crippen LogP contribution in [0.25, 0.3) is 0 Å². The van der Waals surface area contributed by atoms with Gasteiger partial charge in [-0.3, -0.25) is 4.79 Å². The van der Waals surface area contributed by atoms with Crippen LogP contribution < -0.4 is 11.1 Å². The number of hydrogen-bond donors (Lipinski definition) is 2. The molecular formula is C15H14N2O2. The lowest BCUT2D eigenvalue weighted by molar-refractivity contribution is -0.112. The SMILES string of the molecule is NC(=O)NC(C=O)(c1ccccc1)c1ccccc1. The molecule has 0 atom stereocenters. The molecule has 2 amide bonds. The lowest BCUT2D eigenvalue weighted by Gasteiger charge is -2.29. The number of rotatable bonds is 4. The smallest absolute Gasteiger partial charge is 0.313 e. The van der Waals surface area contributed by atoms with Crippen LogP contribution in [0.15, 0.2) is 60.7 Å². The predicted octanol–water partition coefficient (Wildman–Crippen LogP) is 1.80. The number of amides is 2. The van der Waals surface area contributed by atoms with Crippen molar-refractivity contribution in [3.8, 4) is 0 Å². The Morgan fingerprint density at radius 2 is 1.37 bits per heavy atom. The molecule has 0 radical (unpaired) electrons. The van der Waals surface area contributed by atoms with Gasteiger partial charge in [0.1, 0.15) is 5.54 Å². The van der Waals surface area contributed by atoms with E-state index in [1.807, 2.05) is 12.1 Å². The van der Waals surface area contributed by atoms with E-state index in [9.17, 15) is 9.59 Å². The minimum atomic E-state index is -1.26. The normalized spacial score (nSPS) is 10.7. The molecule has 0 aliphatic heterocycles. The minimum Gasteiger partial charge on any atom is -0.352 e. The number of nitrogens with two attached hydrogens (primary N) is 1. The van der Waals surface area contributed by atoms with Gasteiger partial charge >= 0.3 is 6.03 Å². The van der Waals surface area contributed by atoms with E-state index in [0.717, 1.165) is 0 Å². The molecule has 2 rings (SSSR count). The molecule has 96 valence electrons. The van der Waals surface area contributed by atoms with Gasteiger partial charge < -0.3 is 11.1 Å². The highest BCUT2D eigenvalue weighted by Gasteiger charge is 2.35. The molecule has 0 heterocycles. The number of primary amides is 1. The Kier molecular flexibility index (Phi) is 3.61. The summed E-state index contributed by atoms with van der Waals surface area (Å²) >= 11 is 0. The van der Waals surface area contributed by atoms with Gasteiger partial charge in [-0.15, -0.1) is 0 Å². The van der Waals surface area contributed by atoms with Crippen molar-refractivity contribution in [3.05, 3.63) is 71.8 Å². The molecule has 2 aromatic carbocycles. The number of carbonyl (C=O) groups excluding carboxylic acids is 2. The first-order valence-corrected chi connectivity index (χ1v) is 5.84. The molecule has 3 N–H and O–H groups in total. The van der Waals surface area contributed by atoms with E-state index >= 15 is 0 Å². The van der Waals surface area contributed by atoms with Crippen molar-refractivity contribution in [1.29, 1.82) is 0 Å². The monoisotopic (exact) mass is 254 g/mol. The third kappa shape index (κ3) is 2.47. The predicted molar refractivity (Wildman–Crippen MR) is 72.4 cm³/mol. The highest BCUT2D eigenvalue weighted by Crippen LogP contribution is 2.27. The van der Waals surface area contributed by atoms with Crippen molar-refractivity contribution >= 4 is 12.3 Å². The highest BCUT2D eigenvalue weighted by molar-refractivity contribution is 5.83. The summed E-state index contributed by atoms with van der Waals surface area (Å²) in [7, 11) is 0. The van der Waals surface area contributed by atoms with Crippen LogP contribution in [-0.2, 0) is 10.3 Å². The summed E-state index contributed by atoms with van der Waals surface area (Å²) in [6.45, 7) is 0. The molecule has 0 saturated heterocycles. The summed E-state index contributed by atoms with van der Waals surface area (Å²) < 4.78 is 0. The molecule has 0 fully saturated rings. The summed E-state index contributed by atoms with van der Waals surface area (Å²) in [5.74, 6) is 0. The quantitative estimate of drug-likeness (QED) is 0.816. The summed E-state index contributed by atoms with van der Waals surface area (Å²) in [5, 5.41) is 2.55. The molecule has 0 bridgehead atoms. The molecule has 0 saturated carbocycles. The molecule has 0 aliphatic carbocycles. The van der Waals surface area contributed by atoms with Gasteiger partial charge in [0, 0.05) is 0 Å². The van der Waals surface area contributed by atoms with Gasteiger partial charge in [-0.05, 0) is 11.1 Å². The first-order chi connectivity index (χ1) is 9.19. The van der Waals surface area contributed by atoms with E-state index in [1.54, 1.807) is 48.5 Å². The van der Waals surface area contributed by atoms with E-state index in [2.05, 4.69) is 5.32 Å². The van der Waals surface area contributed by atoms with Gasteiger partial charge in [0.15, 0.2) is 6.29 Å². The summed E-state index contributed by atoms with van der Waals surface area (Å²) in [5.41, 5.74) is 5.29. The van der Waals surface area contributed by atoms with E-state index in [1.165, 1.54) is 0 Å². The maximum Gasteiger partial charge on any atom is 0.313 e. The molecule has 2 aromatic rings. The zero-order valence-electron chi connectivity index (χ0n) is 10.2. The van der Waals surface area contributed by atoms with Crippen LogP contribution >= 0.6 is 0 Å². The maximum absolute atomic E-state index is 11.7. The topological polar surface area (TPSA) is 72.2 Å². The Hall–Kier alpha value is -2.62. The fraction of sp³-hybridized carbons (Fsp3) is 0.0667. The first kappa shape index (κ1) is 12.8. The second kappa shape index (κ2) is 5.35. The lowest BCUT2D eigenvalue weighted by Crippen LogP contribution is -2.50. The number of hydrogen-bond acceptors (Lipinski definition) is 2. The van der Waals surface area contributed by atoms with Gasteiger partial charge in [0.05, 0.1) is 0 Å². The number of nitrogens with one attached hydrogen (secondary N) is 1. The van der Waals surface area contributed by atoms with Gasteiger partial charge in [0.2, 0.25) is 0 Å². The molecule has 0 aromatic heterocycles. The largest absolute Gasteiger partial charge is 0.352 e. The molecule has 0 aliphatic rings. The number of urea groups is 1. The van der Waals surface area contributed by atoms with E-state index in [0.29, 0.717) is 17.4 Å². The van der Waals surface area contributed by atoms with Crippen molar-refractivity contribution in [2.45, 2.75) is 5.54 Å². The lowest BCUT2D eigenvalue weighted by atomic mass is 9.84. The molecule has 0 unspecified atom stereocenters. The Labute approximate surface area is 111 Å². The van der Waals surface area contributed by atoms with E-state index < -0.39 is 11.6 Å². The zero-order chi connectivity index (χ0) is 13.7. The maximum atomic E-state index is 11.7. The van der Waals surface area contributed by atoms with Crippen LogP contribution in [0.3, 0.4) is 0 Å². The van der Waals surface area contributed by atoms with Crippen LogP contribution in [-0.4, -0.2) is 12.3 Å². The van der Waals surface area contributed by atoms with Crippen molar-refractivity contribution in [2.24, 2.45) is 5.73 Å². The third-order valence-electron chi connectivity index (χ3n) is 2.96. The highest BCUT2D eigenvalue weighted by atomic mass is 16.2. The molecule has 0 spiro atoms. The molecular weight excluding hydrogens is 240 g/mol. The van der Waals surface area contributed by atoms with Crippen molar-refractivity contribution < 1.29 is 9.59 Å². The number of carbonyl (C=O) groups is 2. The van der Waals surface area contributed by atoms with Gasteiger partial charge in [-0.1, -0.05) is 60.7 Å². The molecule has 4 nitrogen and oxygen atoms in total. The second-order valence-electron chi connectivity index (χ2n) is 4.15. The average Bonchev–Trinajstić information content (AvgIpc) is 2.46. The molecule has 4 heteroatoms. The van der Waals surface area contributed by atoms with Crippen molar-refractivity contribution in [1.82, 2.24) is 5.32 Å². The first-order valence-electron chi connectivity index (χ1n) is 5.84.